The maximum Gasteiger partial charge on any atom is 0.311 e. The molecule has 5 aliphatic rings. The number of fused-ring (bicyclic) bond motifs is 4. The van der Waals surface area contributed by atoms with Crippen molar-refractivity contribution < 1.29 is 47.1 Å². The van der Waals surface area contributed by atoms with Crippen LogP contribution in [-0.4, -0.2) is 83.3 Å². The summed E-state index contributed by atoms with van der Waals surface area (Å²) in [7, 11) is 4.60. The minimum absolute atomic E-state index is 0.152. The topological polar surface area (TPSA) is 105 Å². The molecule has 4 heterocycles. The van der Waals surface area contributed by atoms with Gasteiger partial charge >= 0.3 is 23.9 Å². The van der Waals surface area contributed by atoms with Crippen molar-refractivity contribution in [1.82, 2.24) is 0 Å². The number of esters is 4. The first kappa shape index (κ1) is 38.5. The normalized spacial score (nSPS) is 33.7. The number of ether oxygens (including phenoxy) is 4. The number of para-hydroxylation sites is 2. The Morgan fingerprint density at radius 3 is 1.24 bits per heavy atom. The van der Waals surface area contributed by atoms with Crippen LogP contribution in [-0.2, 0) is 41.7 Å². The lowest BCUT2D eigenvalue weighted by molar-refractivity contribution is -0.961. The number of hydrogen-bond acceptors (Lipinski definition) is 8. The molecule has 0 radical (unpaired) electrons. The number of benzene rings is 2. The first-order valence-electron chi connectivity index (χ1n) is 20.7. The van der Waals surface area contributed by atoms with Crippen molar-refractivity contribution in [2.75, 3.05) is 14.1 Å². The molecule has 0 amide bonds. The average Bonchev–Trinajstić information content (AvgIpc) is 3.34. The van der Waals surface area contributed by atoms with Gasteiger partial charge in [0.1, 0.15) is 36.8 Å². The fourth-order valence-corrected chi connectivity index (χ4v) is 10.6. The largest absolute Gasteiger partial charge is 0.462 e. The van der Waals surface area contributed by atoms with Crippen molar-refractivity contribution in [3.63, 3.8) is 0 Å². The molecule has 10 atom stereocenters. The molecule has 2 aromatic rings. The third-order valence-corrected chi connectivity index (χ3v) is 13.9. The van der Waals surface area contributed by atoms with Gasteiger partial charge < -0.3 is 27.9 Å². The van der Waals surface area contributed by atoms with Gasteiger partial charge in [0.25, 0.3) is 0 Å². The van der Waals surface area contributed by atoms with E-state index >= 15 is 0 Å². The molecule has 0 N–H and O–H groups in total. The zero-order chi connectivity index (χ0) is 38.0. The molecule has 10 heteroatoms. The average molecular weight is 745 g/mol. The molecule has 2 aromatic carbocycles. The van der Waals surface area contributed by atoms with E-state index in [1.165, 1.54) is 0 Å². The number of rotatable bonds is 14. The van der Waals surface area contributed by atoms with Gasteiger partial charge in [-0.2, -0.15) is 0 Å². The van der Waals surface area contributed by atoms with Crippen LogP contribution in [0.1, 0.15) is 115 Å². The Hall–Kier alpha value is -3.76. The van der Waals surface area contributed by atoms with E-state index in [1.54, 1.807) is 0 Å². The van der Waals surface area contributed by atoms with E-state index in [0.29, 0.717) is 61.3 Å². The van der Waals surface area contributed by atoms with Crippen LogP contribution in [0.5, 0.6) is 11.5 Å². The highest BCUT2D eigenvalue weighted by atomic mass is 16.6. The van der Waals surface area contributed by atoms with Crippen LogP contribution in [0.2, 0.25) is 0 Å². The van der Waals surface area contributed by atoms with Crippen molar-refractivity contribution in [2.45, 2.75) is 153 Å². The Labute approximate surface area is 320 Å². The van der Waals surface area contributed by atoms with Gasteiger partial charge in [-0.15, -0.1) is 0 Å². The summed E-state index contributed by atoms with van der Waals surface area (Å²) in [5.41, 5.74) is 2.08. The van der Waals surface area contributed by atoms with Crippen molar-refractivity contribution in [1.29, 1.82) is 0 Å². The summed E-state index contributed by atoms with van der Waals surface area (Å²) in [4.78, 5) is 51.8. The molecule has 292 valence electrons. The van der Waals surface area contributed by atoms with Crippen LogP contribution in [0.3, 0.4) is 0 Å². The minimum Gasteiger partial charge on any atom is -0.462 e. The highest BCUT2D eigenvalue weighted by Crippen LogP contribution is 2.47. The third kappa shape index (κ3) is 7.83. The van der Waals surface area contributed by atoms with Gasteiger partial charge in [0.2, 0.25) is 0 Å². The summed E-state index contributed by atoms with van der Waals surface area (Å²) in [5.74, 6) is -0.470. The Bertz CT molecular complexity index is 1560. The van der Waals surface area contributed by atoms with Gasteiger partial charge in [-0.1, -0.05) is 38.1 Å². The van der Waals surface area contributed by atoms with Crippen molar-refractivity contribution >= 4 is 23.9 Å². The highest BCUT2D eigenvalue weighted by Gasteiger charge is 2.55. The fourth-order valence-electron chi connectivity index (χ4n) is 10.6. The molecule has 4 aliphatic heterocycles. The van der Waals surface area contributed by atoms with Gasteiger partial charge in [0.15, 0.2) is 0 Å². The van der Waals surface area contributed by atoms with Crippen molar-refractivity contribution in [3.8, 4) is 11.5 Å². The van der Waals surface area contributed by atoms with Crippen LogP contribution < -0.4 is 9.47 Å². The minimum atomic E-state index is -0.434. The summed E-state index contributed by atoms with van der Waals surface area (Å²) in [6.07, 6.45) is 10.8. The van der Waals surface area contributed by atoms with E-state index in [-0.39, 0.29) is 36.1 Å². The zero-order valence-electron chi connectivity index (χ0n) is 32.7. The third-order valence-electron chi connectivity index (χ3n) is 13.9. The molecule has 7 rings (SSSR count). The first-order chi connectivity index (χ1) is 26.0. The second-order valence-electron chi connectivity index (χ2n) is 17.3. The smallest absolute Gasteiger partial charge is 0.311 e. The van der Waals surface area contributed by atoms with Crippen LogP contribution in [0.4, 0.5) is 0 Å². The summed E-state index contributed by atoms with van der Waals surface area (Å²) < 4.78 is 25.6. The van der Waals surface area contributed by atoms with E-state index < -0.39 is 11.8 Å². The van der Waals surface area contributed by atoms with Crippen LogP contribution in [0.15, 0.2) is 48.5 Å². The molecule has 54 heavy (non-hydrogen) atoms. The van der Waals surface area contributed by atoms with Crippen LogP contribution in [0, 0.1) is 11.8 Å². The molecule has 10 nitrogen and oxygen atoms in total. The predicted octanol–water partition coefficient (Wildman–Crippen LogP) is 7.19. The molecule has 4 bridgehead atoms. The number of piperidine rings is 2. The van der Waals surface area contributed by atoms with Crippen LogP contribution in [0.25, 0.3) is 0 Å². The predicted molar refractivity (Wildman–Crippen MR) is 202 cm³/mol. The Balaban J connectivity index is 0.910. The Morgan fingerprint density at radius 2 is 0.907 bits per heavy atom. The first-order valence-corrected chi connectivity index (χ1v) is 20.7. The fraction of sp³-hybridized carbons (Fsp3) is 0.636. The van der Waals surface area contributed by atoms with Gasteiger partial charge in [-0.3, -0.25) is 19.2 Å². The Morgan fingerprint density at radius 1 is 0.556 bits per heavy atom. The Kier molecular flexibility index (Phi) is 11.5. The maximum atomic E-state index is 13.6. The zero-order valence-corrected chi connectivity index (χ0v) is 32.7. The van der Waals surface area contributed by atoms with Gasteiger partial charge in [-0.25, -0.2) is 0 Å². The van der Waals surface area contributed by atoms with E-state index in [9.17, 15) is 19.2 Å². The molecule has 5 fully saturated rings. The lowest BCUT2D eigenvalue weighted by atomic mass is 9.73. The summed E-state index contributed by atoms with van der Waals surface area (Å²) in [6, 6.07) is 17.1. The summed E-state index contributed by atoms with van der Waals surface area (Å²) >= 11 is 0. The maximum absolute atomic E-state index is 13.6. The molecule has 1 saturated carbocycles. The molecule has 4 saturated heterocycles. The number of carbonyl (C=O) groups excluding carboxylic acids is 4. The van der Waals surface area contributed by atoms with Crippen molar-refractivity contribution in [3.05, 3.63) is 59.7 Å². The second kappa shape index (κ2) is 16.1. The monoisotopic (exact) mass is 744 g/mol. The summed E-state index contributed by atoms with van der Waals surface area (Å²) in [5, 5.41) is 0. The van der Waals surface area contributed by atoms with Crippen LogP contribution >= 0.6 is 0 Å². The SMILES string of the molecule is CCCC(=O)Oc1ccccc1C[N+]1(C)[C@@H]2CC[C@H]1CC(OC(=O)C1CCC1C(=O)OC1C[C@H]3CC[C@@H](C1)[N+]3(C)Cc1ccccc1OC(=O)CCC)C2. The molecule has 1 aliphatic carbocycles. The molecular formula is C44H60N2O8+2. The second-order valence-corrected chi connectivity index (χ2v) is 17.3. The number of quaternary nitrogens is 2. The van der Waals surface area contributed by atoms with E-state index in [4.69, 9.17) is 18.9 Å². The standard InChI is InChI=1S/C44H60N2O8/c1-5-11-41(47)53-39-15-9-7-13-29(39)27-45(3)31-17-18-32(45)24-35(23-31)51-43(49)37-21-22-38(37)44(50)52-36-25-33-19-20-34(26-36)46(33,4)28-30-14-8-10-16-40(30)54-42(48)12-6-2/h7-10,13-16,31-38H,5-6,11-12,17-28H2,1-4H3/q+2/t31-,32+,33-,34+,35?,36?,37?,38?,45?,46?. The number of nitrogens with zero attached hydrogens (tertiary/aromatic N) is 2. The quantitative estimate of drug-likeness (QED) is 0.114. The number of carbonyl (C=O) groups is 4. The lowest BCUT2D eigenvalue weighted by Crippen LogP contribution is -2.59. The molecular weight excluding hydrogens is 684 g/mol. The van der Waals surface area contributed by atoms with Crippen molar-refractivity contribution in [2.24, 2.45) is 11.8 Å². The van der Waals surface area contributed by atoms with Gasteiger partial charge in [0, 0.05) is 75.3 Å². The molecule has 6 unspecified atom stereocenters. The highest BCUT2D eigenvalue weighted by molar-refractivity contribution is 5.84. The van der Waals surface area contributed by atoms with E-state index in [2.05, 4.69) is 26.2 Å². The van der Waals surface area contributed by atoms with Gasteiger partial charge in [-0.05, 0) is 49.9 Å². The van der Waals surface area contributed by atoms with E-state index in [0.717, 1.165) is 97.4 Å². The molecule has 0 spiro atoms. The molecule has 0 aromatic heterocycles. The van der Waals surface area contributed by atoms with Gasteiger partial charge in [0.05, 0.1) is 50.1 Å². The summed E-state index contributed by atoms with van der Waals surface area (Å²) in [6.45, 7) is 5.48. The lowest BCUT2D eigenvalue weighted by Gasteiger charge is -2.47. The number of hydrogen-bond donors (Lipinski definition) is 0. The van der Waals surface area contributed by atoms with E-state index in [1.807, 2.05) is 50.2 Å².